The molecule has 8 fully saturated rings. The molecule has 8 aliphatic rings. The van der Waals surface area contributed by atoms with Crippen molar-refractivity contribution in [3.8, 4) is 0 Å². The summed E-state index contributed by atoms with van der Waals surface area (Å²) < 4.78 is 5.98. The van der Waals surface area contributed by atoms with E-state index in [4.69, 9.17) is 4.74 Å². The number of hydrogen-bond acceptors (Lipinski definition) is 2. The van der Waals surface area contributed by atoms with Gasteiger partial charge in [0.05, 0.1) is 13.2 Å². The second-order valence-electron chi connectivity index (χ2n) is 16.2. The summed E-state index contributed by atoms with van der Waals surface area (Å²) in [4.78, 5) is 3.08. The van der Waals surface area contributed by atoms with Gasteiger partial charge in [-0.05, 0) is 103 Å². The van der Waals surface area contributed by atoms with Gasteiger partial charge in [-0.15, -0.1) is 0 Å². The van der Waals surface area contributed by atoms with E-state index in [-0.39, 0.29) is 0 Å². The molecule has 8 unspecified atom stereocenters. The largest absolute Gasteiger partial charge is 0.379 e. The van der Waals surface area contributed by atoms with Crippen molar-refractivity contribution < 1.29 is 4.74 Å². The number of ether oxygens (including phenoxy) is 1. The first-order chi connectivity index (χ1) is 18.9. The lowest BCUT2D eigenvalue weighted by molar-refractivity contribution is 0.0631. The summed E-state index contributed by atoms with van der Waals surface area (Å²) in [6.45, 7) is 5.41. The Bertz CT molecular complexity index is 744. The highest BCUT2D eigenvalue weighted by Gasteiger charge is 2.64. The minimum absolute atomic E-state index is 0.919. The van der Waals surface area contributed by atoms with Crippen molar-refractivity contribution in [1.29, 1.82) is 0 Å². The minimum Gasteiger partial charge on any atom is -0.379 e. The van der Waals surface area contributed by atoms with Gasteiger partial charge in [0.2, 0.25) is 6.85 Å². The van der Waals surface area contributed by atoms with Crippen LogP contribution in [0, 0.1) is 59.2 Å². The summed E-state index contributed by atoms with van der Waals surface area (Å²) in [7, 11) is 0. The van der Waals surface area contributed by atoms with Crippen LogP contribution in [-0.4, -0.2) is 38.0 Å². The molecule has 2 saturated heterocycles. The molecule has 0 aromatic rings. The summed E-state index contributed by atoms with van der Waals surface area (Å²) in [6, 6.07) is 0. The third kappa shape index (κ3) is 4.41. The lowest BCUT2D eigenvalue weighted by Crippen LogP contribution is -2.57. The Labute approximate surface area is 235 Å². The first kappa shape index (κ1) is 25.7. The van der Waals surface area contributed by atoms with Gasteiger partial charge in [0, 0.05) is 13.1 Å². The Morgan fingerprint density at radius 1 is 0.421 bits per heavy atom. The van der Waals surface area contributed by atoms with Crippen molar-refractivity contribution in [3.05, 3.63) is 0 Å². The second-order valence-corrected chi connectivity index (χ2v) is 16.2. The van der Waals surface area contributed by atoms with E-state index in [1.54, 1.807) is 83.5 Å². The molecule has 3 heteroatoms. The van der Waals surface area contributed by atoms with Gasteiger partial charge < -0.3 is 9.55 Å². The Balaban J connectivity index is 1.09. The van der Waals surface area contributed by atoms with Gasteiger partial charge >= 0.3 is 0 Å². The molecule has 0 aromatic heterocycles. The average Bonchev–Trinajstić information content (AvgIpc) is 3.55. The van der Waals surface area contributed by atoms with Crippen molar-refractivity contribution in [1.82, 2.24) is 4.81 Å². The van der Waals surface area contributed by atoms with Crippen LogP contribution in [-0.2, 0) is 4.74 Å². The third-order valence-electron chi connectivity index (χ3n) is 14.9. The Morgan fingerprint density at radius 3 is 1.39 bits per heavy atom. The van der Waals surface area contributed by atoms with Gasteiger partial charge in [0.25, 0.3) is 0 Å². The van der Waals surface area contributed by atoms with Gasteiger partial charge in [0.15, 0.2) is 0 Å². The molecule has 212 valence electrons. The van der Waals surface area contributed by atoms with Crippen LogP contribution in [0.5, 0.6) is 0 Å². The minimum atomic E-state index is 0.919. The number of hydrogen-bond donors (Lipinski definition) is 0. The van der Waals surface area contributed by atoms with Crippen molar-refractivity contribution in [2.24, 2.45) is 59.2 Å². The number of fused-ring (bicyclic) bond motifs is 6. The monoisotopic (exact) mass is 519 g/mol. The van der Waals surface area contributed by atoms with Crippen LogP contribution < -0.4 is 0 Å². The maximum Gasteiger partial charge on any atom is 0.230 e. The van der Waals surface area contributed by atoms with Gasteiger partial charge in [-0.25, -0.2) is 0 Å². The molecule has 0 amide bonds. The maximum absolute atomic E-state index is 5.98. The fourth-order valence-corrected chi connectivity index (χ4v) is 13.9. The van der Waals surface area contributed by atoms with Gasteiger partial charge in [-0.1, -0.05) is 89.9 Å². The smallest absolute Gasteiger partial charge is 0.230 e. The van der Waals surface area contributed by atoms with Crippen LogP contribution in [0.1, 0.15) is 122 Å². The fraction of sp³-hybridized carbons (Fsp3) is 1.00. The Hall–Kier alpha value is -0.0151. The second kappa shape index (κ2) is 11.0. The molecule has 38 heavy (non-hydrogen) atoms. The quantitative estimate of drug-likeness (QED) is 0.346. The van der Waals surface area contributed by atoms with Gasteiger partial charge in [-0.3, -0.25) is 0 Å². The predicted octanol–water partition coefficient (Wildman–Crippen LogP) is 8.72. The lowest BCUT2D eigenvalue weighted by Gasteiger charge is -2.51. The van der Waals surface area contributed by atoms with Crippen LogP contribution in [0.3, 0.4) is 0 Å². The molecule has 0 aromatic carbocycles. The molecular weight excluding hydrogens is 461 g/mol. The van der Waals surface area contributed by atoms with Crippen molar-refractivity contribution >= 4 is 6.85 Å². The molecule has 8 rings (SSSR count). The molecule has 6 saturated carbocycles. The van der Waals surface area contributed by atoms with E-state index in [1.807, 2.05) is 0 Å². The van der Waals surface area contributed by atoms with Crippen molar-refractivity contribution in [2.75, 3.05) is 26.3 Å². The number of rotatable bonds is 3. The van der Waals surface area contributed by atoms with Crippen molar-refractivity contribution in [3.63, 3.8) is 0 Å². The van der Waals surface area contributed by atoms with Crippen LogP contribution in [0.2, 0.25) is 11.6 Å². The zero-order valence-electron chi connectivity index (χ0n) is 24.6. The zero-order valence-corrected chi connectivity index (χ0v) is 24.6. The van der Waals surface area contributed by atoms with E-state index >= 15 is 0 Å². The molecule has 2 heterocycles. The van der Waals surface area contributed by atoms with E-state index in [0.717, 1.165) is 90.9 Å². The number of morpholine rings is 1. The van der Waals surface area contributed by atoms with Crippen LogP contribution >= 0.6 is 0 Å². The van der Waals surface area contributed by atoms with Crippen LogP contribution in [0.25, 0.3) is 0 Å². The highest BCUT2D eigenvalue weighted by Crippen LogP contribution is 2.69. The fourth-order valence-electron chi connectivity index (χ4n) is 13.9. The summed E-state index contributed by atoms with van der Waals surface area (Å²) in [6.07, 6.45) is 29.9. The summed E-state index contributed by atoms with van der Waals surface area (Å²) in [5.41, 5.74) is 0. The summed E-state index contributed by atoms with van der Waals surface area (Å²) >= 11 is 0. The van der Waals surface area contributed by atoms with Crippen LogP contribution in [0.15, 0.2) is 0 Å². The van der Waals surface area contributed by atoms with E-state index in [9.17, 15) is 0 Å². The Morgan fingerprint density at radius 2 is 0.895 bits per heavy atom. The first-order valence-corrected chi connectivity index (χ1v) is 18.2. The lowest BCUT2D eigenvalue weighted by atomic mass is 9.30. The molecule has 0 bridgehead atoms. The molecule has 0 radical (unpaired) electrons. The summed E-state index contributed by atoms with van der Waals surface area (Å²) in [5.74, 6) is 13.0. The van der Waals surface area contributed by atoms with Crippen molar-refractivity contribution in [2.45, 2.75) is 134 Å². The van der Waals surface area contributed by atoms with E-state index < -0.39 is 0 Å². The topological polar surface area (TPSA) is 12.5 Å². The van der Waals surface area contributed by atoms with E-state index in [0.29, 0.717) is 0 Å². The van der Waals surface area contributed by atoms with Crippen LogP contribution in [0.4, 0.5) is 0 Å². The molecule has 2 aliphatic heterocycles. The average molecular weight is 520 g/mol. The molecule has 6 aliphatic carbocycles. The van der Waals surface area contributed by atoms with Gasteiger partial charge in [0.1, 0.15) is 0 Å². The molecule has 0 N–H and O–H groups in total. The summed E-state index contributed by atoms with van der Waals surface area (Å²) in [5, 5.41) is 0. The molecule has 2 nitrogen and oxygen atoms in total. The normalized spacial score (nSPS) is 48.8. The SMILES string of the molecule is C1CCC(C2CCCC3C2C[C@H]2C[C@@H]4CC5C(C6CCCCC6)CCCC5C4B(N4CCOCC4)C32)CC1. The Kier molecular flexibility index (Phi) is 7.43. The van der Waals surface area contributed by atoms with E-state index in [2.05, 4.69) is 4.81 Å². The standard InChI is InChI=1S/C35H58BNO/c1-3-9-24(10-4-1)28-13-7-15-30-32(28)22-26-21-27-23-33-29(25-11-5-2-6-12-25)14-8-16-31(33)35(27)36(34(26)30)37-17-19-38-20-18-37/h24-35H,1-23H2/t26-,27-,28?,29?,30?,31?,32?,33?,34?,35?/m1/s1. The first-order valence-electron chi connectivity index (χ1n) is 18.2. The number of nitrogens with zero attached hydrogens (tertiary/aromatic N) is 1. The zero-order chi connectivity index (χ0) is 25.1. The van der Waals surface area contributed by atoms with Gasteiger partial charge in [-0.2, -0.15) is 0 Å². The molecule has 0 spiro atoms. The third-order valence-corrected chi connectivity index (χ3v) is 14.9. The maximum atomic E-state index is 5.98. The van der Waals surface area contributed by atoms with E-state index in [1.165, 1.54) is 51.6 Å². The molecule has 10 atom stereocenters. The predicted molar refractivity (Wildman–Crippen MR) is 158 cm³/mol. The highest BCUT2D eigenvalue weighted by atomic mass is 16.5. The highest BCUT2D eigenvalue weighted by molar-refractivity contribution is 6.60. The molecular formula is C35H58BNO.